The molecule has 1 aromatic carbocycles. The molecule has 0 radical (unpaired) electrons. The molecule has 18 heavy (non-hydrogen) atoms. The van der Waals surface area contributed by atoms with E-state index < -0.39 is 0 Å². The van der Waals surface area contributed by atoms with Gasteiger partial charge in [0.05, 0.1) is 5.75 Å². The predicted octanol–water partition coefficient (Wildman–Crippen LogP) is 1.42. The van der Waals surface area contributed by atoms with Gasteiger partial charge in [-0.3, -0.25) is 4.79 Å². The van der Waals surface area contributed by atoms with Gasteiger partial charge < -0.3 is 16.3 Å². The van der Waals surface area contributed by atoms with Crippen molar-refractivity contribution < 1.29 is 10.0 Å². The van der Waals surface area contributed by atoms with E-state index in [0.717, 1.165) is 4.90 Å². The molecular formula is C12H17N3O2S. The molecule has 0 saturated carbocycles. The van der Waals surface area contributed by atoms with Gasteiger partial charge in [0.25, 0.3) is 0 Å². The maximum absolute atomic E-state index is 11.5. The fourth-order valence-corrected chi connectivity index (χ4v) is 2.01. The topological polar surface area (TPSA) is 87.7 Å². The first-order valence-electron chi connectivity index (χ1n) is 5.63. The zero-order chi connectivity index (χ0) is 13.2. The van der Waals surface area contributed by atoms with Crippen LogP contribution in [0.2, 0.25) is 0 Å². The van der Waals surface area contributed by atoms with Crippen molar-refractivity contribution >= 4 is 23.5 Å². The van der Waals surface area contributed by atoms with Crippen LogP contribution in [0.25, 0.3) is 0 Å². The molecule has 0 aliphatic carbocycles. The Morgan fingerprint density at radius 1 is 1.39 bits per heavy atom. The van der Waals surface area contributed by atoms with E-state index in [1.54, 1.807) is 0 Å². The number of hydrogen-bond acceptors (Lipinski definition) is 4. The number of rotatable bonds is 7. The minimum absolute atomic E-state index is 0.0108. The van der Waals surface area contributed by atoms with Gasteiger partial charge in [-0.05, 0) is 18.6 Å². The lowest BCUT2D eigenvalue weighted by Gasteiger charge is -2.04. The Hall–Kier alpha value is -1.69. The maximum atomic E-state index is 11.5. The average Bonchev–Trinajstić information content (AvgIpc) is 2.42. The fraction of sp³-hybridized carbons (Fsp3) is 0.333. The lowest BCUT2D eigenvalue weighted by atomic mass is 10.3. The highest BCUT2D eigenvalue weighted by atomic mass is 32.2. The minimum atomic E-state index is -0.0108. The zero-order valence-corrected chi connectivity index (χ0v) is 10.8. The first-order valence-corrected chi connectivity index (χ1v) is 6.62. The first kappa shape index (κ1) is 14.4. The first-order chi connectivity index (χ1) is 8.72. The van der Waals surface area contributed by atoms with Gasteiger partial charge in [0.15, 0.2) is 0 Å². The summed E-state index contributed by atoms with van der Waals surface area (Å²) in [5.74, 6) is 0.569. The molecule has 0 atom stereocenters. The number of oxime groups is 1. The van der Waals surface area contributed by atoms with E-state index in [-0.39, 0.29) is 11.7 Å². The third-order valence-electron chi connectivity index (χ3n) is 2.17. The van der Waals surface area contributed by atoms with E-state index in [2.05, 4.69) is 10.5 Å². The highest BCUT2D eigenvalue weighted by Crippen LogP contribution is 2.16. The van der Waals surface area contributed by atoms with Crippen LogP contribution in [0.1, 0.15) is 12.8 Å². The Morgan fingerprint density at radius 2 is 2.11 bits per heavy atom. The predicted molar refractivity (Wildman–Crippen MR) is 72.8 cm³/mol. The number of amidine groups is 1. The number of nitrogens with zero attached hydrogens (tertiary/aromatic N) is 1. The van der Waals surface area contributed by atoms with Crippen LogP contribution in [0, 0.1) is 0 Å². The smallest absolute Gasteiger partial charge is 0.230 e. The summed E-state index contributed by atoms with van der Waals surface area (Å²) in [6, 6.07) is 9.76. The van der Waals surface area contributed by atoms with Gasteiger partial charge in [-0.1, -0.05) is 23.4 Å². The molecule has 0 unspecified atom stereocenters. The van der Waals surface area contributed by atoms with Gasteiger partial charge in [0, 0.05) is 17.9 Å². The molecular weight excluding hydrogens is 250 g/mol. The van der Waals surface area contributed by atoms with E-state index in [1.165, 1.54) is 11.8 Å². The van der Waals surface area contributed by atoms with Gasteiger partial charge in [-0.2, -0.15) is 0 Å². The van der Waals surface area contributed by atoms with Crippen molar-refractivity contribution in [2.45, 2.75) is 17.7 Å². The molecule has 1 rings (SSSR count). The van der Waals surface area contributed by atoms with Crippen molar-refractivity contribution in [3.8, 4) is 0 Å². The quantitative estimate of drug-likeness (QED) is 0.174. The molecule has 0 heterocycles. The molecule has 98 valence electrons. The lowest BCUT2D eigenvalue weighted by Crippen LogP contribution is -2.27. The summed E-state index contributed by atoms with van der Waals surface area (Å²) in [4.78, 5) is 12.6. The fourth-order valence-electron chi connectivity index (χ4n) is 1.26. The number of carbonyl (C=O) groups is 1. The highest BCUT2D eigenvalue weighted by molar-refractivity contribution is 8.00. The second-order valence-corrected chi connectivity index (χ2v) is 4.70. The van der Waals surface area contributed by atoms with Crippen LogP contribution in [-0.4, -0.2) is 29.2 Å². The molecule has 0 aromatic heterocycles. The molecule has 0 bridgehead atoms. The van der Waals surface area contributed by atoms with Crippen LogP contribution in [0.15, 0.2) is 40.4 Å². The van der Waals surface area contributed by atoms with Gasteiger partial charge in [-0.15, -0.1) is 11.8 Å². The molecule has 4 N–H and O–H groups in total. The number of nitrogens with two attached hydrogens (primary N) is 1. The van der Waals surface area contributed by atoms with E-state index in [0.29, 0.717) is 25.1 Å². The monoisotopic (exact) mass is 267 g/mol. The van der Waals surface area contributed by atoms with Crippen LogP contribution < -0.4 is 11.1 Å². The summed E-state index contributed by atoms with van der Waals surface area (Å²) in [6.45, 7) is 0.532. The van der Waals surface area contributed by atoms with Gasteiger partial charge in [-0.25, -0.2) is 0 Å². The Bertz CT molecular complexity index is 396. The van der Waals surface area contributed by atoms with Crippen LogP contribution >= 0.6 is 11.8 Å². The van der Waals surface area contributed by atoms with Gasteiger partial charge in [0.2, 0.25) is 5.91 Å². The zero-order valence-electron chi connectivity index (χ0n) is 10.0. The number of benzene rings is 1. The van der Waals surface area contributed by atoms with E-state index in [1.807, 2.05) is 30.3 Å². The van der Waals surface area contributed by atoms with Crippen LogP contribution in [0.3, 0.4) is 0 Å². The lowest BCUT2D eigenvalue weighted by molar-refractivity contribution is -0.118. The Balaban J connectivity index is 2.11. The molecule has 1 aromatic rings. The molecule has 0 fully saturated rings. The van der Waals surface area contributed by atoms with Crippen molar-refractivity contribution in [3.63, 3.8) is 0 Å². The SMILES string of the molecule is NC(CCCNC(=O)CSc1ccccc1)=NO. The van der Waals surface area contributed by atoms with Crippen LogP contribution in [-0.2, 0) is 4.79 Å². The third kappa shape index (κ3) is 6.15. The summed E-state index contributed by atoms with van der Waals surface area (Å²) in [5.41, 5.74) is 5.31. The number of nitrogens with one attached hydrogen (secondary N) is 1. The second-order valence-electron chi connectivity index (χ2n) is 3.65. The van der Waals surface area contributed by atoms with E-state index >= 15 is 0 Å². The summed E-state index contributed by atoms with van der Waals surface area (Å²) in [6.07, 6.45) is 1.14. The summed E-state index contributed by atoms with van der Waals surface area (Å²) >= 11 is 1.50. The molecule has 0 spiro atoms. The summed E-state index contributed by atoms with van der Waals surface area (Å²) in [5, 5.41) is 14.0. The molecule has 0 aliphatic rings. The largest absolute Gasteiger partial charge is 0.409 e. The minimum Gasteiger partial charge on any atom is -0.409 e. The molecule has 1 amide bonds. The van der Waals surface area contributed by atoms with Crippen molar-refractivity contribution in [1.82, 2.24) is 5.32 Å². The normalized spacial score (nSPS) is 11.2. The van der Waals surface area contributed by atoms with Gasteiger partial charge >= 0.3 is 0 Å². The Labute approximate surface area is 110 Å². The third-order valence-corrected chi connectivity index (χ3v) is 3.19. The average molecular weight is 267 g/mol. The van der Waals surface area contributed by atoms with Crippen LogP contribution in [0.5, 0.6) is 0 Å². The molecule has 6 heteroatoms. The second kappa shape index (κ2) is 8.41. The number of thioether (sulfide) groups is 1. The van der Waals surface area contributed by atoms with Crippen molar-refractivity contribution in [3.05, 3.63) is 30.3 Å². The molecule has 0 aliphatic heterocycles. The van der Waals surface area contributed by atoms with E-state index in [4.69, 9.17) is 10.9 Å². The maximum Gasteiger partial charge on any atom is 0.230 e. The van der Waals surface area contributed by atoms with Gasteiger partial charge in [0.1, 0.15) is 5.84 Å². The number of hydrogen-bond donors (Lipinski definition) is 3. The van der Waals surface area contributed by atoms with Crippen molar-refractivity contribution in [2.24, 2.45) is 10.9 Å². The highest BCUT2D eigenvalue weighted by Gasteiger charge is 2.02. The number of amides is 1. The van der Waals surface area contributed by atoms with Crippen molar-refractivity contribution in [2.75, 3.05) is 12.3 Å². The number of carbonyl (C=O) groups excluding carboxylic acids is 1. The van der Waals surface area contributed by atoms with Crippen molar-refractivity contribution in [1.29, 1.82) is 0 Å². The summed E-state index contributed by atoms with van der Waals surface area (Å²) < 4.78 is 0. The van der Waals surface area contributed by atoms with E-state index in [9.17, 15) is 4.79 Å². The standard InChI is InChI=1S/C12H17N3O2S/c13-11(15-17)7-4-8-14-12(16)9-18-10-5-2-1-3-6-10/h1-3,5-6,17H,4,7-9H2,(H2,13,15)(H,14,16). The summed E-state index contributed by atoms with van der Waals surface area (Å²) in [7, 11) is 0. The Morgan fingerprint density at radius 3 is 2.78 bits per heavy atom. The molecule has 5 nitrogen and oxygen atoms in total. The molecule has 0 saturated heterocycles. The Kier molecular flexibility index (Phi) is 6.71. The van der Waals surface area contributed by atoms with Crippen LogP contribution in [0.4, 0.5) is 0 Å².